The number of anilines is 2. The summed E-state index contributed by atoms with van der Waals surface area (Å²) in [6.45, 7) is 0. The first-order valence-corrected chi connectivity index (χ1v) is 9.61. The lowest BCUT2D eigenvalue weighted by Gasteiger charge is -2.07. The van der Waals surface area contributed by atoms with Crippen LogP contribution in [0, 0.1) is 5.92 Å². The Kier molecular flexibility index (Phi) is 4.93. The molecule has 3 aromatic rings. The molecule has 136 valence electrons. The van der Waals surface area contributed by atoms with Crippen LogP contribution in [-0.2, 0) is 16.0 Å². The zero-order chi connectivity index (χ0) is 18.6. The van der Waals surface area contributed by atoms with Crippen LogP contribution in [0.2, 0.25) is 0 Å². The Morgan fingerprint density at radius 3 is 2.48 bits per heavy atom. The quantitative estimate of drug-likeness (QED) is 0.684. The van der Waals surface area contributed by atoms with Gasteiger partial charge in [-0.1, -0.05) is 0 Å². The van der Waals surface area contributed by atoms with Crippen molar-refractivity contribution in [2.75, 3.05) is 10.6 Å². The molecule has 7 heteroatoms. The van der Waals surface area contributed by atoms with Crippen LogP contribution >= 0.6 is 11.3 Å². The minimum atomic E-state index is -0.132. The summed E-state index contributed by atoms with van der Waals surface area (Å²) in [4.78, 5) is 32.6. The largest absolute Gasteiger partial charge is 0.326 e. The highest BCUT2D eigenvalue weighted by Gasteiger charge is 2.29. The molecule has 2 heterocycles. The maximum absolute atomic E-state index is 12.3. The average molecular weight is 378 g/mol. The Labute approximate surface area is 160 Å². The van der Waals surface area contributed by atoms with Crippen LogP contribution in [0.4, 0.5) is 11.4 Å². The van der Waals surface area contributed by atoms with Crippen molar-refractivity contribution in [2.45, 2.75) is 19.3 Å². The van der Waals surface area contributed by atoms with Gasteiger partial charge < -0.3 is 10.6 Å². The molecule has 0 radical (unpaired) electrons. The van der Waals surface area contributed by atoms with Crippen molar-refractivity contribution in [3.8, 4) is 10.6 Å². The second kappa shape index (κ2) is 7.67. The highest BCUT2D eigenvalue weighted by atomic mass is 32.1. The van der Waals surface area contributed by atoms with E-state index in [9.17, 15) is 9.59 Å². The van der Waals surface area contributed by atoms with E-state index in [1.165, 1.54) is 11.3 Å². The molecule has 2 N–H and O–H groups in total. The number of carbonyl (C=O) groups is 2. The monoisotopic (exact) mass is 378 g/mol. The molecule has 1 fully saturated rings. The van der Waals surface area contributed by atoms with Gasteiger partial charge in [0.1, 0.15) is 5.01 Å². The van der Waals surface area contributed by atoms with Gasteiger partial charge in [0.05, 0.1) is 12.1 Å². The van der Waals surface area contributed by atoms with Crippen molar-refractivity contribution in [1.82, 2.24) is 9.97 Å². The number of pyridine rings is 1. The van der Waals surface area contributed by atoms with Gasteiger partial charge in [-0.15, -0.1) is 11.3 Å². The summed E-state index contributed by atoms with van der Waals surface area (Å²) < 4.78 is 0. The summed E-state index contributed by atoms with van der Waals surface area (Å²) in [6.07, 6.45) is 5.62. The number of rotatable bonds is 6. The van der Waals surface area contributed by atoms with Gasteiger partial charge in [-0.3, -0.25) is 14.6 Å². The Morgan fingerprint density at radius 2 is 1.81 bits per heavy atom. The lowest BCUT2D eigenvalue weighted by molar-refractivity contribution is -0.117. The van der Waals surface area contributed by atoms with Gasteiger partial charge in [0.15, 0.2) is 0 Å². The number of aromatic nitrogens is 2. The summed E-state index contributed by atoms with van der Waals surface area (Å²) in [5.41, 5.74) is 3.10. The van der Waals surface area contributed by atoms with Gasteiger partial charge in [0.25, 0.3) is 0 Å². The van der Waals surface area contributed by atoms with Crippen molar-refractivity contribution in [3.05, 3.63) is 59.9 Å². The highest BCUT2D eigenvalue weighted by molar-refractivity contribution is 7.13. The lowest BCUT2D eigenvalue weighted by atomic mass is 10.2. The number of carbonyl (C=O) groups excluding carboxylic acids is 2. The van der Waals surface area contributed by atoms with Crippen molar-refractivity contribution >= 4 is 34.5 Å². The molecule has 2 amide bonds. The SMILES string of the molecule is O=C(Cc1csc(-c2cccnc2)n1)Nc1ccc(NC(=O)C2CC2)cc1. The normalized spacial score (nSPS) is 13.2. The van der Waals surface area contributed by atoms with Crippen LogP contribution in [-0.4, -0.2) is 21.8 Å². The zero-order valence-corrected chi connectivity index (χ0v) is 15.3. The van der Waals surface area contributed by atoms with Gasteiger partial charge in [-0.2, -0.15) is 0 Å². The molecule has 1 saturated carbocycles. The van der Waals surface area contributed by atoms with E-state index in [0.29, 0.717) is 5.69 Å². The Morgan fingerprint density at radius 1 is 1.07 bits per heavy atom. The first kappa shape index (κ1) is 17.4. The van der Waals surface area contributed by atoms with E-state index in [4.69, 9.17) is 0 Å². The molecule has 2 aromatic heterocycles. The predicted molar refractivity (Wildman–Crippen MR) is 105 cm³/mol. The fourth-order valence-corrected chi connectivity index (χ4v) is 3.42. The molecular formula is C20H18N4O2S. The summed E-state index contributed by atoms with van der Waals surface area (Å²) >= 11 is 1.49. The lowest BCUT2D eigenvalue weighted by Crippen LogP contribution is -2.15. The Balaban J connectivity index is 1.32. The molecule has 0 aliphatic heterocycles. The summed E-state index contributed by atoms with van der Waals surface area (Å²) in [7, 11) is 0. The molecule has 1 aliphatic carbocycles. The second-order valence-corrected chi connectivity index (χ2v) is 7.31. The molecule has 1 aliphatic rings. The third kappa shape index (κ3) is 4.57. The van der Waals surface area contributed by atoms with Gasteiger partial charge in [-0.25, -0.2) is 4.98 Å². The molecule has 4 rings (SSSR count). The smallest absolute Gasteiger partial charge is 0.230 e. The Bertz CT molecular complexity index is 950. The predicted octanol–water partition coefficient (Wildman–Crippen LogP) is 3.73. The summed E-state index contributed by atoms with van der Waals surface area (Å²) in [5, 5.41) is 8.47. The van der Waals surface area contributed by atoms with Crippen LogP contribution in [0.15, 0.2) is 54.2 Å². The summed E-state index contributed by atoms with van der Waals surface area (Å²) in [5.74, 6) is 0.103. The number of nitrogens with one attached hydrogen (secondary N) is 2. The van der Waals surface area contributed by atoms with E-state index in [0.717, 1.165) is 34.8 Å². The molecule has 0 bridgehead atoms. The molecule has 27 heavy (non-hydrogen) atoms. The fourth-order valence-electron chi connectivity index (χ4n) is 2.61. The highest BCUT2D eigenvalue weighted by Crippen LogP contribution is 2.30. The first-order valence-electron chi connectivity index (χ1n) is 8.73. The molecular weight excluding hydrogens is 360 g/mol. The van der Waals surface area contributed by atoms with Gasteiger partial charge in [0, 0.05) is 40.6 Å². The zero-order valence-electron chi connectivity index (χ0n) is 14.5. The standard InChI is InChI=1S/C20H18N4O2S/c25-18(10-17-12-27-20(24-17)14-2-1-9-21-11-14)22-15-5-7-16(8-6-15)23-19(26)13-3-4-13/h1-2,5-9,11-13H,3-4,10H2,(H,22,25)(H,23,26). The van der Waals surface area contributed by atoms with Crippen molar-refractivity contribution < 1.29 is 9.59 Å². The maximum atomic E-state index is 12.3. The first-order chi connectivity index (χ1) is 13.2. The van der Waals surface area contributed by atoms with E-state index in [2.05, 4.69) is 20.6 Å². The number of hydrogen-bond acceptors (Lipinski definition) is 5. The van der Waals surface area contributed by atoms with Crippen LogP contribution in [0.1, 0.15) is 18.5 Å². The molecule has 0 saturated heterocycles. The third-order valence-electron chi connectivity index (χ3n) is 4.19. The van der Waals surface area contributed by atoms with Crippen LogP contribution in [0.5, 0.6) is 0 Å². The second-order valence-electron chi connectivity index (χ2n) is 6.45. The average Bonchev–Trinajstić information content (AvgIpc) is 3.44. The number of hydrogen-bond donors (Lipinski definition) is 2. The van der Waals surface area contributed by atoms with Crippen molar-refractivity contribution in [3.63, 3.8) is 0 Å². The number of benzene rings is 1. The Hall–Kier alpha value is -3.06. The molecule has 6 nitrogen and oxygen atoms in total. The fraction of sp³-hybridized carbons (Fsp3) is 0.200. The van der Waals surface area contributed by atoms with E-state index >= 15 is 0 Å². The number of amides is 2. The minimum absolute atomic E-state index is 0.0692. The topological polar surface area (TPSA) is 84.0 Å². The van der Waals surface area contributed by atoms with E-state index in [-0.39, 0.29) is 24.2 Å². The van der Waals surface area contributed by atoms with Crippen LogP contribution < -0.4 is 10.6 Å². The summed E-state index contributed by atoms with van der Waals surface area (Å²) in [6, 6.07) is 10.9. The number of thiazole rings is 1. The molecule has 0 spiro atoms. The van der Waals surface area contributed by atoms with Crippen molar-refractivity contribution in [2.24, 2.45) is 5.92 Å². The maximum Gasteiger partial charge on any atom is 0.230 e. The van der Waals surface area contributed by atoms with E-state index in [1.807, 2.05) is 17.5 Å². The minimum Gasteiger partial charge on any atom is -0.326 e. The van der Waals surface area contributed by atoms with Crippen molar-refractivity contribution in [1.29, 1.82) is 0 Å². The van der Waals surface area contributed by atoms with Gasteiger partial charge in [-0.05, 0) is 49.2 Å². The molecule has 0 atom stereocenters. The van der Waals surface area contributed by atoms with Gasteiger partial charge >= 0.3 is 0 Å². The number of nitrogens with zero attached hydrogens (tertiary/aromatic N) is 2. The third-order valence-corrected chi connectivity index (χ3v) is 5.13. The molecule has 0 unspecified atom stereocenters. The van der Waals surface area contributed by atoms with E-state index in [1.54, 1.807) is 36.7 Å². The van der Waals surface area contributed by atoms with Gasteiger partial charge in [0.2, 0.25) is 11.8 Å². The van der Waals surface area contributed by atoms with Crippen LogP contribution in [0.3, 0.4) is 0 Å². The van der Waals surface area contributed by atoms with Crippen LogP contribution in [0.25, 0.3) is 10.6 Å². The molecule has 1 aromatic carbocycles. The van der Waals surface area contributed by atoms with E-state index < -0.39 is 0 Å².